The molecule has 176 valence electrons. The van der Waals surface area contributed by atoms with Gasteiger partial charge in [0, 0.05) is 11.1 Å². The van der Waals surface area contributed by atoms with Crippen molar-refractivity contribution in [2.75, 3.05) is 11.9 Å². The minimum atomic E-state index is -0.364. The van der Waals surface area contributed by atoms with Gasteiger partial charge in [0.05, 0.1) is 24.2 Å². The summed E-state index contributed by atoms with van der Waals surface area (Å²) in [4.78, 5) is 26.2. The monoisotopic (exact) mass is 459 g/mol. The number of anilines is 1. The quantitative estimate of drug-likeness (QED) is 0.443. The summed E-state index contributed by atoms with van der Waals surface area (Å²) >= 11 is 0. The van der Waals surface area contributed by atoms with Crippen LogP contribution >= 0.6 is 0 Å². The maximum absolute atomic E-state index is 13.5. The standard InChI is InChI=1S/C26H29N5O3/c1-6-34-21-11-8-19(9-12-21)28-23(32)15-30-26(33)25-22(24(29-30)16(2)3)14-27-31(25)20-10-7-17(4)18(5)13-20/h7-14,16H,6,15H2,1-5H3,(H,28,32). The van der Waals surface area contributed by atoms with Crippen LogP contribution in [0, 0.1) is 13.8 Å². The fourth-order valence-electron chi connectivity index (χ4n) is 3.82. The van der Waals surface area contributed by atoms with E-state index in [1.54, 1.807) is 35.1 Å². The Hall–Kier alpha value is -3.94. The first kappa shape index (κ1) is 23.2. The van der Waals surface area contributed by atoms with Crippen molar-refractivity contribution in [1.29, 1.82) is 0 Å². The van der Waals surface area contributed by atoms with Crippen LogP contribution in [0.2, 0.25) is 0 Å². The van der Waals surface area contributed by atoms with Crippen LogP contribution in [-0.4, -0.2) is 32.1 Å². The van der Waals surface area contributed by atoms with Gasteiger partial charge in [0.25, 0.3) is 5.56 Å². The number of hydrogen-bond donors (Lipinski definition) is 1. The largest absolute Gasteiger partial charge is 0.494 e. The molecule has 0 spiro atoms. The summed E-state index contributed by atoms with van der Waals surface area (Å²) in [7, 11) is 0. The maximum Gasteiger partial charge on any atom is 0.293 e. The molecule has 1 N–H and O–H groups in total. The number of hydrogen-bond acceptors (Lipinski definition) is 5. The van der Waals surface area contributed by atoms with Crippen molar-refractivity contribution in [2.24, 2.45) is 0 Å². The van der Waals surface area contributed by atoms with Gasteiger partial charge in [-0.2, -0.15) is 10.2 Å². The summed E-state index contributed by atoms with van der Waals surface area (Å²) in [6.45, 7) is 10.3. The molecule has 0 aliphatic rings. The van der Waals surface area contributed by atoms with E-state index in [9.17, 15) is 9.59 Å². The first-order valence-corrected chi connectivity index (χ1v) is 11.4. The Bertz CT molecular complexity index is 1400. The fourth-order valence-corrected chi connectivity index (χ4v) is 3.82. The zero-order valence-electron chi connectivity index (χ0n) is 20.1. The molecule has 2 heterocycles. The van der Waals surface area contributed by atoms with Crippen LogP contribution in [-0.2, 0) is 11.3 Å². The molecular formula is C26H29N5O3. The molecule has 0 bridgehead atoms. The van der Waals surface area contributed by atoms with Crippen molar-refractivity contribution < 1.29 is 9.53 Å². The van der Waals surface area contributed by atoms with Gasteiger partial charge in [-0.1, -0.05) is 19.9 Å². The normalized spacial score (nSPS) is 11.2. The van der Waals surface area contributed by atoms with Crippen LogP contribution in [0.25, 0.3) is 16.6 Å². The molecular weight excluding hydrogens is 430 g/mol. The molecule has 0 saturated carbocycles. The second kappa shape index (κ2) is 9.51. The third-order valence-electron chi connectivity index (χ3n) is 5.74. The van der Waals surface area contributed by atoms with Crippen molar-refractivity contribution >= 4 is 22.5 Å². The highest BCUT2D eigenvalue weighted by Gasteiger charge is 2.20. The van der Waals surface area contributed by atoms with Gasteiger partial charge >= 0.3 is 0 Å². The van der Waals surface area contributed by atoms with Gasteiger partial charge in [-0.15, -0.1) is 0 Å². The van der Waals surface area contributed by atoms with Crippen LogP contribution in [0.1, 0.15) is 43.5 Å². The van der Waals surface area contributed by atoms with Gasteiger partial charge < -0.3 is 10.1 Å². The molecule has 0 aliphatic carbocycles. The van der Waals surface area contributed by atoms with Gasteiger partial charge in [0.15, 0.2) is 0 Å². The first-order chi connectivity index (χ1) is 16.3. The molecule has 0 saturated heterocycles. The van der Waals surface area contributed by atoms with Crippen molar-refractivity contribution in [1.82, 2.24) is 19.6 Å². The number of carbonyl (C=O) groups excluding carboxylic acids is 1. The smallest absolute Gasteiger partial charge is 0.293 e. The number of carbonyl (C=O) groups is 1. The van der Waals surface area contributed by atoms with Gasteiger partial charge in [-0.05, 0) is 74.2 Å². The summed E-state index contributed by atoms with van der Waals surface area (Å²) in [6.07, 6.45) is 1.68. The number of aryl methyl sites for hydroxylation is 2. The lowest BCUT2D eigenvalue weighted by Crippen LogP contribution is -2.31. The molecule has 0 atom stereocenters. The zero-order valence-corrected chi connectivity index (χ0v) is 20.1. The van der Waals surface area contributed by atoms with Crippen LogP contribution < -0.4 is 15.6 Å². The van der Waals surface area contributed by atoms with Crippen LogP contribution in [0.15, 0.2) is 53.5 Å². The van der Waals surface area contributed by atoms with Crippen molar-refractivity contribution in [3.8, 4) is 11.4 Å². The van der Waals surface area contributed by atoms with Gasteiger partial charge in [0.2, 0.25) is 5.91 Å². The number of ether oxygens (including phenoxy) is 1. The molecule has 0 unspecified atom stereocenters. The molecule has 1 amide bonds. The minimum absolute atomic E-state index is 0.0425. The third kappa shape index (κ3) is 4.57. The maximum atomic E-state index is 13.5. The highest BCUT2D eigenvalue weighted by molar-refractivity contribution is 5.91. The lowest BCUT2D eigenvalue weighted by Gasteiger charge is -2.13. The molecule has 0 aliphatic heterocycles. The highest BCUT2D eigenvalue weighted by atomic mass is 16.5. The lowest BCUT2D eigenvalue weighted by atomic mass is 10.1. The topological polar surface area (TPSA) is 91.0 Å². The van der Waals surface area contributed by atoms with E-state index in [1.807, 2.05) is 52.8 Å². The Morgan fingerprint density at radius 3 is 2.47 bits per heavy atom. The van der Waals surface area contributed by atoms with Crippen molar-refractivity contribution in [3.05, 3.63) is 75.8 Å². The summed E-state index contributed by atoms with van der Waals surface area (Å²) in [5.41, 5.74) is 4.45. The second-order valence-corrected chi connectivity index (χ2v) is 8.60. The number of nitrogens with one attached hydrogen (secondary N) is 1. The number of benzene rings is 2. The number of aromatic nitrogens is 4. The van der Waals surface area contributed by atoms with Gasteiger partial charge in [-0.3, -0.25) is 9.59 Å². The Morgan fingerprint density at radius 1 is 1.09 bits per heavy atom. The summed E-state index contributed by atoms with van der Waals surface area (Å²) in [6, 6.07) is 13.0. The second-order valence-electron chi connectivity index (χ2n) is 8.60. The van der Waals surface area contributed by atoms with E-state index >= 15 is 0 Å². The SMILES string of the molecule is CCOc1ccc(NC(=O)Cn2nc(C(C)C)c3cnn(-c4ccc(C)c(C)c4)c3c2=O)cc1. The van der Waals surface area contributed by atoms with E-state index in [-0.39, 0.29) is 23.9 Å². The Morgan fingerprint density at radius 2 is 1.82 bits per heavy atom. The Labute approximate surface area is 198 Å². The first-order valence-electron chi connectivity index (χ1n) is 11.4. The van der Waals surface area contributed by atoms with E-state index in [4.69, 9.17) is 4.74 Å². The fraction of sp³-hybridized carbons (Fsp3) is 0.308. The molecule has 2 aromatic heterocycles. The van der Waals surface area contributed by atoms with Crippen molar-refractivity contribution in [3.63, 3.8) is 0 Å². The van der Waals surface area contributed by atoms with E-state index in [1.165, 1.54) is 4.68 Å². The molecule has 8 nitrogen and oxygen atoms in total. The summed E-state index contributed by atoms with van der Waals surface area (Å²) < 4.78 is 8.29. The number of fused-ring (bicyclic) bond motifs is 1. The number of rotatable bonds is 7. The minimum Gasteiger partial charge on any atom is -0.494 e. The van der Waals surface area contributed by atoms with E-state index in [0.29, 0.717) is 23.2 Å². The van der Waals surface area contributed by atoms with Crippen molar-refractivity contribution in [2.45, 2.75) is 47.1 Å². The molecule has 0 radical (unpaired) electrons. The predicted molar refractivity (Wildman–Crippen MR) is 133 cm³/mol. The van der Waals surface area contributed by atoms with E-state index < -0.39 is 0 Å². The number of amides is 1. The average molecular weight is 460 g/mol. The van der Waals surface area contributed by atoms with Gasteiger partial charge in [-0.25, -0.2) is 9.36 Å². The molecule has 4 aromatic rings. The predicted octanol–water partition coefficient (Wildman–Crippen LogP) is 4.36. The summed E-state index contributed by atoms with van der Waals surface area (Å²) in [5, 5.41) is 12.5. The Balaban J connectivity index is 1.71. The van der Waals surface area contributed by atoms with E-state index in [2.05, 4.69) is 15.5 Å². The lowest BCUT2D eigenvalue weighted by molar-refractivity contribution is -0.117. The van der Waals surface area contributed by atoms with Crippen LogP contribution in [0.3, 0.4) is 0 Å². The highest BCUT2D eigenvalue weighted by Crippen LogP contribution is 2.24. The molecule has 0 fully saturated rings. The zero-order chi connectivity index (χ0) is 24.4. The van der Waals surface area contributed by atoms with Gasteiger partial charge in [0.1, 0.15) is 17.8 Å². The molecule has 8 heteroatoms. The number of nitrogens with zero attached hydrogens (tertiary/aromatic N) is 4. The molecule has 2 aromatic carbocycles. The summed E-state index contributed by atoms with van der Waals surface area (Å²) in [5.74, 6) is 0.427. The van der Waals surface area contributed by atoms with E-state index in [0.717, 1.165) is 28.3 Å². The molecule has 4 rings (SSSR count). The average Bonchev–Trinajstić information content (AvgIpc) is 3.24. The third-order valence-corrected chi connectivity index (χ3v) is 5.74. The van der Waals surface area contributed by atoms with Crippen LogP contribution in [0.5, 0.6) is 5.75 Å². The Kier molecular flexibility index (Phi) is 6.49. The van der Waals surface area contributed by atoms with Crippen LogP contribution in [0.4, 0.5) is 5.69 Å². The molecule has 34 heavy (non-hydrogen) atoms.